The molecule has 0 radical (unpaired) electrons. The molecule has 96 valence electrons. The highest BCUT2D eigenvalue weighted by Crippen LogP contribution is 2.28. The second-order valence-electron chi connectivity index (χ2n) is 4.82. The molecule has 0 bridgehead atoms. The van der Waals surface area contributed by atoms with Crippen LogP contribution in [0.1, 0.15) is 32.8 Å². The van der Waals surface area contributed by atoms with Crippen LogP contribution in [0.15, 0.2) is 18.2 Å². The highest BCUT2D eigenvalue weighted by atomic mass is 19.1. The van der Waals surface area contributed by atoms with Gasteiger partial charge in [0.05, 0.1) is 0 Å². The normalized spacial score (nSPS) is 14.6. The summed E-state index contributed by atoms with van der Waals surface area (Å²) in [6.45, 7) is 7.78. The fraction of sp³-hybridized carbons (Fsp3) is 0.571. The third-order valence-corrected chi connectivity index (χ3v) is 3.32. The minimum absolute atomic E-state index is 0.112. The summed E-state index contributed by atoms with van der Waals surface area (Å²) in [5.74, 6) is -0.887. The fourth-order valence-electron chi connectivity index (χ4n) is 1.87. The van der Waals surface area contributed by atoms with Crippen molar-refractivity contribution >= 4 is 0 Å². The van der Waals surface area contributed by atoms with Gasteiger partial charge in [0.2, 0.25) is 0 Å². The number of halogens is 2. The van der Waals surface area contributed by atoms with Crippen LogP contribution in [0.25, 0.3) is 0 Å². The molecule has 1 rings (SSSR count). The zero-order chi connectivity index (χ0) is 12.9. The van der Waals surface area contributed by atoms with Crippen LogP contribution in [0.2, 0.25) is 0 Å². The monoisotopic (exact) mass is 241 g/mol. The molecule has 0 aliphatic rings. The standard InChI is InChI=1S/C14H21F2N/c1-4-14(3,10-17-5-2)9-11-12(15)7-6-8-13(11)16/h6-8,17H,4-5,9-10H2,1-3H3. The molecule has 1 atom stereocenters. The molecule has 0 fully saturated rings. The predicted molar refractivity (Wildman–Crippen MR) is 67.0 cm³/mol. The van der Waals surface area contributed by atoms with Gasteiger partial charge in [-0.05, 0) is 36.9 Å². The van der Waals surface area contributed by atoms with Crippen LogP contribution in [0.4, 0.5) is 8.78 Å². The topological polar surface area (TPSA) is 12.0 Å². The fourth-order valence-corrected chi connectivity index (χ4v) is 1.87. The van der Waals surface area contributed by atoms with E-state index in [0.29, 0.717) is 6.42 Å². The van der Waals surface area contributed by atoms with Crippen LogP contribution < -0.4 is 5.32 Å². The minimum atomic E-state index is -0.443. The number of benzene rings is 1. The summed E-state index contributed by atoms with van der Waals surface area (Å²) in [4.78, 5) is 0. The first-order valence-electron chi connectivity index (χ1n) is 6.16. The van der Waals surface area contributed by atoms with Crippen LogP contribution in [0, 0.1) is 17.0 Å². The Morgan fingerprint density at radius 3 is 2.24 bits per heavy atom. The molecule has 17 heavy (non-hydrogen) atoms. The third kappa shape index (κ3) is 3.77. The van der Waals surface area contributed by atoms with Gasteiger partial charge in [0, 0.05) is 12.1 Å². The SMILES string of the molecule is CCNCC(C)(CC)Cc1c(F)cccc1F. The second-order valence-corrected chi connectivity index (χ2v) is 4.82. The van der Waals surface area contributed by atoms with E-state index in [1.807, 2.05) is 6.92 Å². The Labute approximate surface area is 102 Å². The van der Waals surface area contributed by atoms with Crippen LogP contribution in [0.5, 0.6) is 0 Å². The van der Waals surface area contributed by atoms with Crippen LogP contribution in [-0.2, 0) is 6.42 Å². The van der Waals surface area contributed by atoms with Crippen molar-refractivity contribution in [2.75, 3.05) is 13.1 Å². The second kappa shape index (κ2) is 6.10. The summed E-state index contributed by atoms with van der Waals surface area (Å²) in [7, 11) is 0. The lowest BCUT2D eigenvalue weighted by molar-refractivity contribution is 0.285. The minimum Gasteiger partial charge on any atom is -0.316 e. The molecule has 1 unspecified atom stereocenters. The first kappa shape index (κ1) is 14.1. The molecule has 1 aromatic rings. The molecule has 0 aliphatic carbocycles. The number of hydrogen-bond donors (Lipinski definition) is 1. The maximum absolute atomic E-state index is 13.6. The van der Waals surface area contributed by atoms with Crippen molar-refractivity contribution in [1.82, 2.24) is 5.32 Å². The van der Waals surface area contributed by atoms with E-state index in [9.17, 15) is 8.78 Å². The van der Waals surface area contributed by atoms with Crippen molar-refractivity contribution in [3.63, 3.8) is 0 Å². The van der Waals surface area contributed by atoms with E-state index in [0.717, 1.165) is 19.5 Å². The maximum atomic E-state index is 13.6. The van der Waals surface area contributed by atoms with Gasteiger partial charge in [0.25, 0.3) is 0 Å². The molecule has 0 saturated carbocycles. The lowest BCUT2D eigenvalue weighted by Crippen LogP contribution is -2.33. The number of hydrogen-bond acceptors (Lipinski definition) is 1. The maximum Gasteiger partial charge on any atom is 0.129 e. The van der Waals surface area contributed by atoms with Crippen molar-refractivity contribution < 1.29 is 8.78 Å². The number of nitrogens with one attached hydrogen (secondary N) is 1. The quantitative estimate of drug-likeness (QED) is 0.803. The Balaban J connectivity index is 2.86. The average Bonchev–Trinajstić information content (AvgIpc) is 2.32. The predicted octanol–water partition coefficient (Wildman–Crippen LogP) is 3.53. The van der Waals surface area contributed by atoms with E-state index >= 15 is 0 Å². The van der Waals surface area contributed by atoms with Crippen molar-refractivity contribution in [1.29, 1.82) is 0 Å². The lowest BCUT2D eigenvalue weighted by Gasteiger charge is -2.29. The Hall–Kier alpha value is -0.960. The van der Waals surface area contributed by atoms with Crippen LogP contribution >= 0.6 is 0 Å². The van der Waals surface area contributed by atoms with Gasteiger partial charge >= 0.3 is 0 Å². The highest BCUT2D eigenvalue weighted by Gasteiger charge is 2.25. The Kier molecular flexibility index (Phi) is 5.06. The van der Waals surface area contributed by atoms with Gasteiger partial charge in [-0.25, -0.2) is 8.78 Å². The first-order valence-corrected chi connectivity index (χ1v) is 6.16. The van der Waals surface area contributed by atoms with Crippen LogP contribution in [-0.4, -0.2) is 13.1 Å². The molecule has 0 aromatic heterocycles. The smallest absolute Gasteiger partial charge is 0.129 e. The van der Waals surface area contributed by atoms with Crippen molar-refractivity contribution in [2.45, 2.75) is 33.6 Å². The van der Waals surface area contributed by atoms with E-state index in [4.69, 9.17) is 0 Å². The Morgan fingerprint density at radius 1 is 1.18 bits per heavy atom. The molecule has 3 heteroatoms. The molecular formula is C14H21F2N. The van der Waals surface area contributed by atoms with E-state index < -0.39 is 11.6 Å². The Morgan fingerprint density at radius 2 is 1.76 bits per heavy atom. The van der Waals surface area contributed by atoms with Crippen LogP contribution in [0.3, 0.4) is 0 Å². The van der Waals surface area contributed by atoms with E-state index in [1.165, 1.54) is 18.2 Å². The first-order chi connectivity index (χ1) is 8.02. The van der Waals surface area contributed by atoms with Gasteiger partial charge in [0.15, 0.2) is 0 Å². The van der Waals surface area contributed by atoms with Crippen molar-refractivity contribution in [3.8, 4) is 0 Å². The summed E-state index contributed by atoms with van der Waals surface area (Å²) in [5.41, 5.74) is 0.0914. The van der Waals surface area contributed by atoms with Crippen molar-refractivity contribution in [3.05, 3.63) is 35.4 Å². The summed E-state index contributed by atoms with van der Waals surface area (Å²) >= 11 is 0. The lowest BCUT2D eigenvalue weighted by atomic mass is 9.81. The molecule has 1 N–H and O–H groups in total. The largest absolute Gasteiger partial charge is 0.316 e. The van der Waals surface area contributed by atoms with Gasteiger partial charge in [-0.15, -0.1) is 0 Å². The summed E-state index contributed by atoms with van der Waals surface area (Å²) in [5, 5.41) is 3.25. The molecule has 0 saturated heterocycles. The Bertz CT molecular complexity index is 345. The molecule has 0 aliphatic heterocycles. The molecule has 0 amide bonds. The molecule has 0 heterocycles. The zero-order valence-electron chi connectivity index (χ0n) is 10.8. The van der Waals surface area contributed by atoms with Crippen molar-refractivity contribution in [2.24, 2.45) is 5.41 Å². The van der Waals surface area contributed by atoms with Gasteiger partial charge < -0.3 is 5.32 Å². The number of rotatable bonds is 6. The highest BCUT2D eigenvalue weighted by molar-refractivity contribution is 5.21. The zero-order valence-corrected chi connectivity index (χ0v) is 10.8. The molecule has 0 spiro atoms. The van der Waals surface area contributed by atoms with E-state index in [1.54, 1.807) is 0 Å². The average molecular weight is 241 g/mol. The summed E-state index contributed by atoms with van der Waals surface area (Å²) in [6.07, 6.45) is 1.31. The third-order valence-electron chi connectivity index (χ3n) is 3.32. The van der Waals surface area contributed by atoms with Gasteiger partial charge in [-0.1, -0.05) is 26.8 Å². The van der Waals surface area contributed by atoms with E-state index in [-0.39, 0.29) is 11.0 Å². The molecule has 1 nitrogen and oxygen atoms in total. The molecule has 1 aromatic carbocycles. The summed E-state index contributed by atoms with van der Waals surface area (Å²) in [6, 6.07) is 4.05. The van der Waals surface area contributed by atoms with E-state index in [2.05, 4.69) is 19.2 Å². The van der Waals surface area contributed by atoms with Gasteiger partial charge in [-0.2, -0.15) is 0 Å². The van der Waals surface area contributed by atoms with Gasteiger partial charge in [0.1, 0.15) is 11.6 Å². The summed E-state index contributed by atoms with van der Waals surface area (Å²) < 4.78 is 27.2. The van der Waals surface area contributed by atoms with Gasteiger partial charge in [-0.3, -0.25) is 0 Å². The molecular weight excluding hydrogens is 220 g/mol.